The van der Waals surface area contributed by atoms with E-state index in [1.165, 1.54) is 11.3 Å². The van der Waals surface area contributed by atoms with Crippen molar-refractivity contribution in [1.29, 1.82) is 0 Å². The minimum atomic E-state index is -0.247. The van der Waals surface area contributed by atoms with Gasteiger partial charge in [-0.05, 0) is 31.4 Å². The summed E-state index contributed by atoms with van der Waals surface area (Å²) in [6, 6.07) is 5.68. The number of benzene rings is 1. The lowest BCUT2D eigenvalue weighted by atomic mass is 10.3. The van der Waals surface area contributed by atoms with Crippen molar-refractivity contribution < 1.29 is 4.79 Å². The summed E-state index contributed by atoms with van der Waals surface area (Å²) in [7, 11) is 1.81. The number of carbonyl (C=O) groups is 1. The van der Waals surface area contributed by atoms with Crippen molar-refractivity contribution in [3.05, 3.63) is 29.6 Å². The van der Waals surface area contributed by atoms with Crippen molar-refractivity contribution in [1.82, 2.24) is 19.7 Å². The summed E-state index contributed by atoms with van der Waals surface area (Å²) in [5, 5.41) is 7.61. The molecule has 1 N–H and O–H groups in total. The molecule has 24 heavy (non-hydrogen) atoms. The Bertz CT molecular complexity index is 1060. The van der Waals surface area contributed by atoms with Gasteiger partial charge in [0.15, 0.2) is 15.2 Å². The first-order chi connectivity index (χ1) is 11.5. The highest BCUT2D eigenvalue weighted by atomic mass is 32.2. The van der Waals surface area contributed by atoms with Gasteiger partial charge >= 0.3 is 0 Å². The molecule has 4 aromatic rings. The van der Waals surface area contributed by atoms with Crippen molar-refractivity contribution in [3.8, 4) is 0 Å². The first-order valence-electron chi connectivity index (χ1n) is 7.11. The van der Waals surface area contributed by atoms with Crippen LogP contribution >= 0.6 is 34.4 Å². The molecule has 122 valence electrons. The molecule has 0 atom stereocenters. The number of thiazole rings is 2. The lowest BCUT2D eigenvalue weighted by Crippen LogP contribution is -2.12. The number of thioether (sulfide) groups is 1. The van der Waals surface area contributed by atoms with E-state index in [0.717, 1.165) is 30.5 Å². The van der Waals surface area contributed by atoms with E-state index in [9.17, 15) is 4.79 Å². The van der Waals surface area contributed by atoms with E-state index < -0.39 is 0 Å². The van der Waals surface area contributed by atoms with Crippen LogP contribution in [-0.4, -0.2) is 31.9 Å². The third-order valence-electron chi connectivity index (χ3n) is 3.63. The van der Waals surface area contributed by atoms with Crippen LogP contribution in [0.1, 0.15) is 16.2 Å². The van der Waals surface area contributed by atoms with Crippen LogP contribution < -0.4 is 5.32 Å². The maximum Gasteiger partial charge on any atom is 0.277 e. The van der Waals surface area contributed by atoms with E-state index >= 15 is 0 Å². The van der Waals surface area contributed by atoms with Gasteiger partial charge in [0.05, 0.1) is 20.4 Å². The summed E-state index contributed by atoms with van der Waals surface area (Å²) in [5.41, 5.74) is 3.16. The number of hydrogen-bond acceptors (Lipinski definition) is 7. The number of fused-ring (bicyclic) bond motifs is 3. The van der Waals surface area contributed by atoms with Gasteiger partial charge < -0.3 is 0 Å². The van der Waals surface area contributed by atoms with Crippen molar-refractivity contribution in [2.75, 3.05) is 11.6 Å². The summed E-state index contributed by atoms with van der Waals surface area (Å²) in [4.78, 5) is 21.4. The van der Waals surface area contributed by atoms with Gasteiger partial charge in [-0.3, -0.25) is 14.8 Å². The predicted octanol–water partition coefficient (Wildman–Crippen LogP) is 3.92. The average Bonchev–Trinajstić information content (AvgIpc) is 3.23. The molecule has 0 saturated heterocycles. The van der Waals surface area contributed by atoms with Crippen molar-refractivity contribution in [2.24, 2.45) is 7.05 Å². The Labute approximate surface area is 149 Å². The Morgan fingerprint density at radius 1 is 1.21 bits per heavy atom. The third kappa shape index (κ3) is 2.58. The average molecular weight is 376 g/mol. The Hall–Kier alpha value is -1.97. The van der Waals surface area contributed by atoms with E-state index in [2.05, 4.69) is 20.4 Å². The normalized spacial score (nSPS) is 11.5. The molecule has 0 spiro atoms. The van der Waals surface area contributed by atoms with Crippen molar-refractivity contribution in [3.63, 3.8) is 0 Å². The highest BCUT2D eigenvalue weighted by Gasteiger charge is 2.16. The van der Waals surface area contributed by atoms with Gasteiger partial charge in [0.25, 0.3) is 5.91 Å². The maximum absolute atomic E-state index is 12.3. The molecule has 0 saturated carbocycles. The Kier molecular flexibility index (Phi) is 3.78. The molecule has 3 heterocycles. The maximum atomic E-state index is 12.3. The number of hydrogen-bond donors (Lipinski definition) is 1. The van der Waals surface area contributed by atoms with Crippen LogP contribution in [0.3, 0.4) is 0 Å². The molecule has 4 rings (SSSR count). The molecule has 0 aliphatic rings. The molecule has 0 unspecified atom stereocenters. The number of nitrogens with one attached hydrogen (secondary N) is 1. The van der Waals surface area contributed by atoms with Crippen LogP contribution in [0.25, 0.3) is 20.4 Å². The SMILES string of the molecule is CSc1nc2ccc3nc(NC(=O)c4cc(C)n(C)n4)sc3c2s1. The van der Waals surface area contributed by atoms with Gasteiger partial charge in [0.1, 0.15) is 0 Å². The monoisotopic (exact) mass is 375 g/mol. The second kappa shape index (κ2) is 5.83. The zero-order valence-corrected chi connectivity index (χ0v) is 15.6. The zero-order valence-electron chi connectivity index (χ0n) is 13.2. The number of aryl methyl sites for hydroxylation is 2. The van der Waals surface area contributed by atoms with Gasteiger partial charge in [-0.15, -0.1) is 11.3 Å². The van der Waals surface area contributed by atoms with Gasteiger partial charge in [0.2, 0.25) is 0 Å². The van der Waals surface area contributed by atoms with Crippen LogP contribution in [0.4, 0.5) is 5.13 Å². The quantitative estimate of drug-likeness (QED) is 0.550. The molecule has 6 nitrogen and oxygen atoms in total. The first-order valence-corrected chi connectivity index (χ1v) is 9.97. The number of carbonyl (C=O) groups excluding carboxylic acids is 1. The highest BCUT2D eigenvalue weighted by molar-refractivity contribution is 8.00. The molecule has 0 fully saturated rings. The van der Waals surface area contributed by atoms with E-state index in [1.807, 2.05) is 32.4 Å². The summed E-state index contributed by atoms with van der Waals surface area (Å²) in [6.07, 6.45) is 2.02. The standard InChI is InChI=1S/C15H13N5OS3/c1-7-6-10(19-20(7)2)13(21)18-14-16-8-4-5-9-12(11(8)23-14)24-15(17-9)22-3/h4-6H,1-3H3,(H,16,18,21). The number of rotatable bonds is 3. The topological polar surface area (TPSA) is 72.7 Å². The molecular weight excluding hydrogens is 362 g/mol. The molecule has 9 heteroatoms. The first kappa shape index (κ1) is 15.6. The number of nitrogens with zero attached hydrogens (tertiary/aromatic N) is 4. The smallest absolute Gasteiger partial charge is 0.277 e. The second-order valence-corrected chi connectivity index (χ2v) is 8.27. The van der Waals surface area contributed by atoms with Gasteiger partial charge in [-0.25, -0.2) is 9.97 Å². The van der Waals surface area contributed by atoms with Crippen LogP contribution in [-0.2, 0) is 7.05 Å². The van der Waals surface area contributed by atoms with E-state index in [-0.39, 0.29) is 5.91 Å². The third-order valence-corrected chi connectivity index (χ3v) is 6.84. The molecule has 0 bridgehead atoms. The van der Waals surface area contributed by atoms with Crippen LogP contribution in [0, 0.1) is 6.92 Å². The summed E-state index contributed by atoms with van der Waals surface area (Å²) in [6.45, 7) is 1.91. The fourth-order valence-electron chi connectivity index (χ4n) is 2.33. The zero-order chi connectivity index (χ0) is 16.8. The predicted molar refractivity (Wildman–Crippen MR) is 100 cm³/mol. The molecule has 0 aliphatic heterocycles. The fraction of sp³-hybridized carbons (Fsp3) is 0.200. The summed E-state index contributed by atoms with van der Waals surface area (Å²) >= 11 is 4.76. The lowest BCUT2D eigenvalue weighted by molar-refractivity contribution is 0.102. The van der Waals surface area contributed by atoms with Crippen molar-refractivity contribution in [2.45, 2.75) is 11.3 Å². The Morgan fingerprint density at radius 3 is 2.58 bits per heavy atom. The minimum Gasteiger partial charge on any atom is -0.296 e. The molecule has 0 radical (unpaired) electrons. The number of anilines is 1. The van der Waals surface area contributed by atoms with Crippen LogP contribution in [0.15, 0.2) is 22.5 Å². The molecule has 1 amide bonds. The van der Waals surface area contributed by atoms with Crippen LogP contribution in [0.2, 0.25) is 0 Å². The van der Waals surface area contributed by atoms with Crippen molar-refractivity contribution >= 4 is 65.9 Å². The molecule has 0 aliphatic carbocycles. The van der Waals surface area contributed by atoms with Gasteiger partial charge in [-0.2, -0.15) is 5.10 Å². The molecular formula is C15H13N5OS3. The number of amides is 1. The summed E-state index contributed by atoms with van der Waals surface area (Å²) < 4.78 is 4.87. The Balaban J connectivity index is 1.70. The fourth-order valence-corrected chi connectivity index (χ4v) is 4.98. The van der Waals surface area contributed by atoms with Crippen LogP contribution in [0.5, 0.6) is 0 Å². The molecule has 3 aromatic heterocycles. The van der Waals surface area contributed by atoms with Gasteiger partial charge in [-0.1, -0.05) is 23.1 Å². The van der Waals surface area contributed by atoms with E-state index in [0.29, 0.717) is 10.8 Å². The lowest BCUT2D eigenvalue weighted by Gasteiger charge is -1.96. The minimum absolute atomic E-state index is 0.247. The summed E-state index contributed by atoms with van der Waals surface area (Å²) in [5.74, 6) is -0.247. The van der Waals surface area contributed by atoms with Gasteiger partial charge in [0, 0.05) is 12.7 Å². The molecule has 1 aromatic carbocycles. The van der Waals surface area contributed by atoms with E-state index in [1.54, 1.807) is 33.8 Å². The highest BCUT2D eigenvalue weighted by Crippen LogP contribution is 2.38. The largest absolute Gasteiger partial charge is 0.296 e. The Morgan fingerprint density at radius 2 is 1.92 bits per heavy atom. The van der Waals surface area contributed by atoms with E-state index in [4.69, 9.17) is 0 Å². The number of aromatic nitrogens is 4. The second-order valence-electron chi connectivity index (χ2n) is 5.21.